The number of hydrogen-bond donors (Lipinski definition) is 0. The van der Waals surface area contributed by atoms with Gasteiger partial charge in [-0.1, -0.05) is 0 Å². The van der Waals surface area contributed by atoms with E-state index in [1.807, 2.05) is 6.07 Å². The van der Waals surface area contributed by atoms with Gasteiger partial charge in [-0.15, -0.1) is 0 Å². The van der Waals surface area contributed by atoms with E-state index in [2.05, 4.69) is 36.4 Å². The van der Waals surface area contributed by atoms with Gasteiger partial charge in [-0.25, -0.2) is 0 Å². The van der Waals surface area contributed by atoms with Gasteiger partial charge < -0.3 is 0 Å². The molecule has 0 spiro atoms. The zero-order chi connectivity index (χ0) is 12.6. The van der Waals surface area contributed by atoms with Crippen LogP contribution in [0.1, 0.15) is 32.1 Å². The number of Topliss-reactive ketones (excluding diaryl/α,β-unsaturated/α-hetero) is 1. The van der Waals surface area contributed by atoms with E-state index in [1.165, 1.54) is 30.1 Å². The molecule has 1 atom stereocenters. The Bertz CT molecular complexity index is 397. The average Bonchev–Trinajstić information content (AvgIpc) is 2.66. The third kappa shape index (κ3) is 4.80. The van der Waals surface area contributed by atoms with Crippen molar-refractivity contribution in [2.75, 3.05) is 0 Å². The summed E-state index contributed by atoms with van der Waals surface area (Å²) in [5, 5.41) is 0.751. The van der Waals surface area contributed by atoms with Crippen LogP contribution < -0.4 is 4.46 Å². The number of allylic oxidation sites excluding steroid dienone is 2. The predicted octanol–water partition coefficient (Wildman–Crippen LogP) is 3.14. The first-order chi connectivity index (χ1) is 8.84. The maximum atomic E-state index is 12.0. The zero-order valence-corrected chi connectivity index (χ0v) is 12.4. The Morgan fingerprint density at radius 3 is 2.89 bits per heavy atom. The third-order valence-corrected chi connectivity index (χ3v) is 5.49. The van der Waals surface area contributed by atoms with Gasteiger partial charge in [-0.3, -0.25) is 0 Å². The Morgan fingerprint density at radius 2 is 2.06 bits per heavy atom. The summed E-state index contributed by atoms with van der Waals surface area (Å²) >= 11 is 0.312. The van der Waals surface area contributed by atoms with Gasteiger partial charge in [-0.2, -0.15) is 0 Å². The fourth-order valence-electron chi connectivity index (χ4n) is 2.26. The minimum absolute atomic E-state index is 0.312. The first-order valence-electron chi connectivity index (χ1n) is 6.71. The molecule has 0 amide bonds. The second-order valence-corrected chi connectivity index (χ2v) is 7.02. The Labute approximate surface area is 116 Å². The molecule has 0 saturated heterocycles. The second-order valence-electron chi connectivity index (χ2n) is 4.82. The molecule has 0 N–H and O–H groups in total. The molecule has 2 rings (SSSR count). The van der Waals surface area contributed by atoms with E-state index in [1.54, 1.807) is 0 Å². The Morgan fingerprint density at radius 1 is 1.22 bits per heavy atom. The van der Waals surface area contributed by atoms with Gasteiger partial charge >= 0.3 is 116 Å². The van der Waals surface area contributed by atoms with Gasteiger partial charge in [-0.05, 0) is 0 Å². The van der Waals surface area contributed by atoms with E-state index < -0.39 is 0 Å². The standard InChI is InChI=1S/C16H20OSe/c17-15(12-14-8-4-1-2-5-9-14)13-18-16-10-6-3-7-11-16/h3-4,6-8,10-11,14H,1-2,5,9,12-13H2/t14-/m1/s1. The third-order valence-electron chi connectivity index (χ3n) is 3.24. The Kier molecular flexibility index (Phi) is 5.70. The van der Waals surface area contributed by atoms with Crippen molar-refractivity contribution in [1.82, 2.24) is 0 Å². The quantitative estimate of drug-likeness (QED) is 0.603. The van der Waals surface area contributed by atoms with Gasteiger partial charge in [0.05, 0.1) is 0 Å². The van der Waals surface area contributed by atoms with Crippen molar-refractivity contribution in [2.45, 2.75) is 37.4 Å². The molecule has 1 aromatic rings. The molecule has 1 aliphatic rings. The number of carbonyl (C=O) groups is 1. The van der Waals surface area contributed by atoms with Crippen LogP contribution in [0.3, 0.4) is 0 Å². The van der Waals surface area contributed by atoms with Crippen molar-refractivity contribution in [2.24, 2.45) is 5.92 Å². The summed E-state index contributed by atoms with van der Waals surface area (Å²) in [5.41, 5.74) is 0. The molecule has 0 bridgehead atoms. The summed E-state index contributed by atoms with van der Waals surface area (Å²) in [6.45, 7) is 0. The molecule has 1 aromatic carbocycles. The van der Waals surface area contributed by atoms with E-state index >= 15 is 0 Å². The summed E-state index contributed by atoms with van der Waals surface area (Å²) in [5.74, 6) is 0.946. The molecule has 1 nitrogen and oxygen atoms in total. The number of ketones is 1. The minimum atomic E-state index is 0.312. The van der Waals surface area contributed by atoms with Crippen LogP contribution in [-0.2, 0) is 4.79 Å². The van der Waals surface area contributed by atoms with Crippen molar-refractivity contribution in [1.29, 1.82) is 0 Å². The van der Waals surface area contributed by atoms with Crippen molar-refractivity contribution >= 4 is 25.2 Å². The van der Waals surface area contributed by atoms with E-state index in [4.69, 9.17) is 0 Å². The van der Waals surface area contributed by atoms with Crippen LogP contribution in [0.15, 0.2) is 42.5 Å². The van der Waals surface area contributed by atoms with Crippen molar-refractivity contribution in [3.8, 4) is 0 Å². The maximum absolute atomic E-state index is 12.0. The van der Waals surface area contributed by atoms with Gasteiger partial charge in [0, 0.05) is 0 Å². The molecule has 0 unspecified atom stereocenters. The van der Waals surface area contributed by atoms with E-state index in [9.17, 15) is 4.79 Å². The van der Waals surface area contributed by atoms with Gasteiger partial charge in [0.25, 0.3) is 0 Å². The van der Waals surface area contributed by atoms with Crippen LogP contribution >= 0.6 is 0 Å². The summed E-state index contributed by atoms with van der Waals surface area (Å²) < 4.78 is 1.33. The van der Waals surface area contributed by atoms with Gasteiger partial charge in [0.15, 0.2) is 0 Å². The number of rotatable bonds is 5. The monoisotopic (exact) mass is 308 g/mol. The van der Waals surface area contributed by atoms with Crippen molar-refractivity contribution in [3.05, 3.63) is 42.5 Å². The van der Waals surface area contributed by atoms with Crippen molar-refractivity contribution in [3.63, 3.8) is 0 Å². The van der Waals surface area contributed by atoms with Crippen LogP contribution in [0.2, 0.25) is 5.32 Å². The molecule has 0 aromatic heterocycles. The topological polar surface area (TPSA) is 17.1 Å². The number of carbonyl (C=O) groups excluding carboxylic acids is 1. The molecule has 0 radical (unpaired) electrons. The van der Waals surface area contributed by atoms with Gasteiger partial charge in [0.2, 0.25) is 0 Å². The second kappa shape index (κ2) is 7.55. The molecule has 0 aliphatic heterocycles. The first-order valence-corrected chi connectivity index (χ1v) is 8.77. The molecule has 1 aliphatic carbocycles. The molecule has 18 heavy (non-hydrogen) atoms. The van der Waals surface area contributed by atoms with Crippen LogP contribution in [0, 0.1) is 5.92 Å². The summed E-state index contributed by atoms with van der Waals surface area (Å²) in [7, 11) is 0. The molecule has 0 heterocycles. The average molecular weight is 307 g/mol. The van der Waals surface area contributed by atoms with Crippen LogP contribution in [0.4, 0.5) is 0 Å². The number of benzene rings is 1. The first kappa shape index (κ1) is 13.6. The fraction of sp³-hybridized carbons (Fsp3) is 0.438. The van der Waals surface area contributed by atoms with E-state index in [0.29, 0.717) is 26.7 Å². The van der Waals surface area contributed by atoms with Crippen molar-refractivity contribution < 1.29 is 4.79 Å². The molecule has 2 heteroatoms. The zero-order valence-electron chi connectivity index (χ0n) is 10.7. The predicted molar refractivity (Wildman–Crippen MR) is 77.4 cm³/mol. The summed E-state index contributed by atoms with van der Waals surface area (Å²) in [6.07, 6.45) is 10.2. The van der Waals surface area contributed by atoms with E-state index in [0.717, 1.165) is 11.7 Å². The summed E-state index contributed by atoms with van der Waals surface area (Å²) in [6, 6.07) is 10.4. The number of hydrogen-bond acceptors (Lipinski definition) is 1. The van der Waals surface area contributed by atoms with Crippen LogP contribution in [0.25, 0.3) is 0 Å². The Balaban J connectivity index is 1.75. The SMILES string of the molecule is O=C(C[Se]c1ccccc1)C[C@@H]1C=CCCCC1. The van der Waals surface area contributed by atoms with Gasteiger partial charge in [0.1, 0.15) is 0 Å². The van der Waals surface area contributed by atoms with E-state index in [-0.39, 0.29) is 0 Å². The fourth-order valence-corrected chi connectivity index (χ4v) is 3.92. The molecule has 0 fully saturated rings. The van der Waals surface area contributed by atoms with Crippen LogP contribution in [-0.4, -0.2) is 20.7 Å². The molecule has 96 valence electrons. The molecule has 0 saturated carbocycles. The normalized spacial score (nSPS) is 19.4. The molecular weight excluding hydrogens is 287 g/mol. The Hall–Kier alpha value is -0.851. The summed E-state index contributed by atoms with van der Waals surface area (Å²) in [4.78, 5) is 12.0. The van der Waals surface area contributed by atoms with Crippen LogP contribution in [0.5, 0.6) is 0 Å². The molecular formula is C16H20OSe.